The second-order valence-electron chi connectivity index (χ2n) is 6.77. The Morgan fingerprint density at radius 1 is 1.09 bits per heavy atom. The Labute approximate surface area is 209 Å². The molecule has 1 N–H and O–H groups in total. The van der Waals surface area contributed by atoms with Crippen LogP contribution in [-0.4, -0.2) is 5.91 Å². The summed E-state index contributed by atoms with van der Waals surface area (Å²) in [5.41, 5.74) is 2.56. The van der Waals surface area contributed by atoms with Gasteiger partial charge in [-0.05, 0) is 66.1 Å². The second-order valence-corrected chi connectivity index (χ2v) is 8.90. The fourth-order valence-electron chi connectivity index (χ4n) is 2.78. The average molecular weight is 551 g/mol. The number of carbonyl (C=O) groups is 1. The van der Waals surface area contributed by atoms with Gasteiger partial charge in [0.1, 0.15) is 18.2 Å². The lowest BCUT2D eigenvalue weighted by molar-refractivity contribution is -0.112. The topological polar surface area (TPSA) is 62.1 Å². The number of anilines is 1. The molecule has 1 amide bonds. The molecular weight excluding hydrogens is 535 g/mol. The molecule has 4 nitrogen and oxygen atoms in total. The smallest absolute Gasteiger partial charge is 0.266 e. The van der Waals surface area contributed by atoms with Crippen molar-refractivity contribution in [3.05, 3.63) is 96.4 Å². The molecule has 8 heteroatoms. The maximum atomic E-state index is 12.6. The van der Waals surface area contributed by atoms with Crippen molar-refractivity contribution in [2.45, 2.75) is 13.5 Å². The van der Waals surface area contributed by atoms with E-state index in [1.807, 2.05) is 30.3 Å². The summed E-state index contributed by atoms with van der Waals surface area (Å²) in [5.74, 6) is -0.244. The molecular formula is C24H16BrCl3N2O2. The number of hydrogen-bond acceptors (Lipinski definition) is 3. The van der Waals surface area contributed by atoms with Crippen LogP contribution in [0.4, 0.5) is 5.69 Å². The minimum absolute atomic E-state index is 0.111. The lowest BCUT2D eigenvalue weighted by Gasteiger charge is -2.12. The van der Waals surface area contributed by atoms with Crippen LogP contribution in [0.1, 0.15) is 16.7 Å². The molecule has 162 valence electrons. The van der Waals surface area contributed by atoms with E-state index in [1.54, 1.807) is 37.3 Å². The summed E-state index contributed by atoms with van der Waals surface area (Å²) in [6.45, 7) is 2.06. The summed E-state index contributed by atoms with van der Waals surface area (Å²) in [6, 6.07) is 17.9. The Morgan fingerprint density at radius 3 is 2.38 bits per heavy atom. The highest BCUT2D eigenvalue weighted by molar-refractivity contribution is 9.10. The van der Waals surface area contributed by atoms with Crippen LogP contribution in [0.5, 0.6) is 5.75 Å². The van der Waals surface area contributed by atoms with Crippen LogP contribution in [0.25, 0.3) is 6.08 Å². The summed E-state index contributed by atoms with van der Waals surface area (Å²) in [7, 11) is 0. The molecule has 0 aliphatic heterocycles. The third-order valence-corrected chi connectivity index (χ3v) is 6.01. The fourth-order valence-corrected chi connectivity index (χ4v) is 3.84. The zero-order valence-electron chi connectivity index (χ0n) is 16.8. The minimum atomic E-state index is -0.569. The number of nitrogens with zero attached hydrogens (tertiary/aromatic N) is 1. The van der Waals surface area contributed by atoms with Crippen molar-refractivity contribution in [3.63, 3.8) is 0 Å². The molecule has 0 heterocycles. The summed E-state index contributed by atoms with van der Waals surface area (Å²) in [4.78, 5) is 12.6. The largest absolute Gasteiger partial charge is 0.486 e. The van der Waals surface area contributed by atoms with E-state index in [0.717, 1.165) is 10.0 Å². The van der Waals surface area contributed by atoms with Crippen molar-refractivity contribution in [3.8, 4) is 11.8 Å². The van der Waals surface area contributed by atoms with Crippen LogP contribution in [-0.2, 0) is 11.4 Å². The molecule has 0 saturated heterocycles. The Hall–Kier alpha value is -2.49. The third-order valence-electron chi connectivity index (χ3n) is 4.51. The van der Waals surface area contributed by atoms with Crippen molar-refractivity contribution >= 4 is 68.4 Å². The van der Waals surface area contributed by atoms with Gasteiger partial charge in [0.25, 0.3) is 5.91 Å². The van der Waals surface area contributed by atoms with Crippen molar-refractivity contribution in [1.82, 2.24) is 0 Å². The van der Waals surface area contributed by atoms with E-state index in [1.165, 1.54) is 6.08 Å². The van der Waals surface area contributed by atoms with E-state index >= 15 is 0 Å². The van der Waals surface area contributed by atoms with Gasteiger partial charge in [0.2, 0.25) is 0 Å². The second kappa shape index (κ2) is 10.9. The molecule has 0 aromatic heterocycles. The minimum Gasteiger partial charge on any atom is -0.486 e. The predicted octanol–water partition coefficient (Wildman–Crippen LogP) is 7.84. The van der Waals surface area contributed by atoms with Gasteiger partial charge in [-0.15, -0.1) is 0 Å². The molecule has 0 unspecified atom stereocenters. The number of nitriles is 1. The number of amides is 1. The van der Waals surface area contributed by atoms with E-state index in [0.29, 0.717) is 27.6 Å². The lowest BCUT2D eigenvalue weighted by atomic mass is 10.1. The quantitative estimate of drug-likeness (QED) is 0.251. The summed E-state index contributed by atoms with van der Waals surface area (Å²) in [6.07, 6.45) is 1.41. The van der Waals surface area contributed by atoms with Gasteiger partial charge in [-0.25, -0.2) is 0 Å². The van der Waals surface area contributed by atoms with Crippen LogP contribution in [0.2, 0.25) is 15.1 Å². The van der Waals surface area contributed by atoms with E-state index in [9.17, 15) is 10.1 Å². The van der Waals surface area contributed by atoms with Gasteiger partial charge in [-0.3, -0.25) is 4.79 Å². The third kappa shape index (κ3) is 6.05. The van der Waals surface area contributed by atoms with Crippen molar-refractivity contribution in [1.29, 1.82) is 5.26 Å². The number of carbonyl (C=O) groups excluding carboxylic acids is 1. The lowest BCUT2D eigenvalue weighted by Crippen LogP contribution is -2.14. The maximum Gasteiger partial charge on any atom is 0.266 e. The molecule has 0 bridgehead atoms. The molecule has 0 atom stereocenters. The van der Waals surface area contributed by atoms with Crippen molar-refractivity contribution < 1.29 is 9.53 Å². The average Bonchev–Trinajstić information content (AvgIpc) is 2.76. The van der Waals surface area contributed by atoms with Crippen molar-refractivity contribution in [2.75, 3.05) is 5.32 Å². The fraction of sp³-hybridized carbons (Fsp3) is 0.0833. The van der Waals surface area contributed by atoms with Gasteiger partial charge in [0, 0.05) is 15.2 Å². The van der Waals surface area contributed by atoms with Gasteiger partial charge in [0.05, 0.1) is 10.0 Å². The van der Waals surface area contributed by atoms with Crippen molar-refractivity contribution in [2.24, 2.45) is 0 Å². The standard InChI is InChI=1S/C24H16BrCl3N2O2/c1-14-19(26)3-2-4-22(14)30-24(31)17(12-29)9-16-10-20(27)23(21(28)11-16)32-13-15-5-7-18(25)8-6-15/h2-11H,13H2,1H3,(H,30,31)/b17-9-. The number of hydrogen-bond donors (Lipinski definition) is 1. The number of halogens is 4. The zero-order chi connectivity index (χ0) is 23.3. The van der Waals surface area contributed by atoms with Gasteiger partial charge >= 0.3 is 0 Å². The first-order chi connectivity index (χ1) is 15.3. The first kappa shape index (κ1) is 24.2. The Morgan fingerprint density at radius 2 is 1.75 bits per heavy atom. The van der Waals surface area contributed by atoms with E-state index in [2.05, 4.69) is 21.2 Å². The van der Waals surface area contributed by atoms with Crippen LogP contribution >= 0.6 is 50.7 Å². The van der Waals surface area contributed by atoms with Gasteiger partial charge in [0.15, 0.2) is 5.75 Å². The Kier molecular flexibility index (Phi) is 8.22. The van der Waals surface area contributed by atoms with E-state index in [4.69, 9.17) is 39.5 Å². The molecule has 0 radical (unpaired) electrons. The highest BCUT2D eigenvalue weighted by atomic mass is 79.9. The highest BCUT2D eigenvalue weighted by Crippen LogP contribution is 2.35. The summed E-state index contributed by atoms with van der Waals surface area (Å²) < 4.78 is 6.74. The molecule has 3 rings (SSSR count). The van der Waals surface area contributed by atoms with Crippen LogP contribution in [0.15, 0.2) is 64.6 Å². The zero-order valence-corrected chi connectivity index (χ0v) is 20.6. The predicted molar refractivity (Wildman–Crippen MR) is 133 cm³/mol. The Bertz CT molecular complexity index is 1210. The van der Waals surface area contributed by atoms with E-state index < -0.39 is 5.91 Å². The first-order valence-electron chi connectivity index (χ1n) is 9.33. The highest BCUT2D eigenvalue weighted by Gasteiger charge is 2.14. The SMILES string of the molecule is Cc1c(Cl)cccc1NC(=O)/C(C#N)=C\c1cc(Cl)c(OCc2ccc(Br)cc2)c(Cl)c1. The molecule has 3 aromatic rings. The Balaban J connectivity index is 1.78. The van der Waals surface area contributed by atoms with Gasteiger partial charge in [-0.2, -0.15) is 5.26 Å². The first-order valence-corrected chi connectivity index (χ1v) is 11.3. The van der Waals surface area contributed by atoms with Crippen LogP contribution in [0.3, 0.4) is 0 Å². The normalized spacial score (nSPS) is 11.1. The number of nitrogens with one attached hydrogen (secondary N) is 1. The van der Waals surface area contributed by atoms with Crippen LogP contribution < -0.4 is 10.1 Å². The molecule has 32 heavy (non-hydrogen) atoms. The maximum absolute atomic E-state index is 12.6. The molecule has 0 aliphatic rings. The molecule has 3 aromatic carbocycles. The number of rotatable bonds is 6. The molecule has 0 aliphatic carbocycles. The summed E-state index contributed by atoms with van der Waals surface area (Å²) >= 11 is 22.2. The monoisotopic (exact) mass is 548 g/mol. The molecule has 0 fully saturated rings. The van der Waals surface area contributed by atoms with Gasteiger partial charge < -0.3 is 10.1 Å². The number of benzene rings is 3. The van der Waals surface area contributed by atoms with Gasteiger partial charge in [-0.1, -0.05) is 68.9 Å². The summed E-state index contributed by atoms with van der Waals surface area (Å²) in [5, 5.41) is 13.2. The number of ether oxygens (including phenoxy) is 1. The molecule has 0 spiro atoms. The van der Waals surface area contributed by atoms with E-state index in [-0.39, 0.29) is 22.2 Å². The molecule has 0 saturated carbocycles. The van der Waals surface area contributed by atoms with Crippen LogP contribution in [0, 0.1) is 18.3 Å².